The van der Waals surface area contributed by atoms with E-state index in [1.54, 1.807) is 38.0 Å². The van der Waals surface area contributed by atoms with Gasteiger partial charge >= 0.3 is 5.97 Å². The van der Waals surface area contributed by atoms with Crippen molar-refractivity contribution in [1.82, 2.24) is 20.4 Å². The van der Waals surface area contributed by atoms with E-state index in [9.17, 15) is 9.90 Å². The lowest BCUT2D eigenvalue weighted by Gasteiger charge is -2.20. The van der Waals surface area contributed by atoms with Crippen LogP contribution in [0.5, 0.6) is 0 Å². The number of nitrogens with one attached hydrogen (secondary N) is 2. The number of guanidine groups is 1. The van der Waals surface area contributed by atoms with Crippen molar-refractivity contribution in [1.29, 1.82) is 0 Å². The monoisotopic (exact) mass is 467 g/mol. The van der Waals surface area contributed by atoms with Gasteiger partial charge in [0.25, 0.3) is 0 Å². The predicted octanol–water partition coefficient (Wildman–Crippen LogP) is 1.14. The van der Waals surface area contributed by atoms with E-state index in [1.165, 1.54) is 0 Å². The molecule has 0 aliphatic heterocycles. The van der Waals surface area contributed by atoms with Gasteiger partial charge in [-0.1, -0.05) is 0 Å². The molecule has 1 heterocycles. The second-order valence-electron chi connectivity index (χ2n) is 5.71. The fourth-order valence-electron chi connectivity index (χ4n) is 2.04. The molecule has 0 saturated heterocycles. The van der Waals surface area contributed by atoms with Crippen molar-refractivity contribution in [3.05, 3.63) is 18.0 Å². The fourth-order valence-corrected chi connectivity index (χ4v) is 2.04. The van der Waals surface area contributed by atoms with Gasteiger partial charge in [0, 0.05) is 38.3 Å². The number of aromatic nitrogens is 2. The Hall–Kier alpha value is -1.36. The molecular weight excluding hydrogens is 437 g/mol. The molecule has 0 amide bonds. The van der Waals surface area contributed by atoms with Gasteiger partial charge in [0.1, 0.15) is 5.60 Å². The second-order valence-corrected chi connectivity index (χ2v) is 5.71. The van der Waals surface area contributed by atoms with Gasteiger partial charge in [0.05, 0.1) is 19.3 Å². The minimum atomic E-state index is -1.10. The van der Waals surface area contributed by atoms with Gasteiger partial charge in [-0.2, -0.15) is 5.10 Å². The SMILES string of the molecule is CCNC(=NCC(C)(O)c1cnn(C)c1)NCCCC(=O)OCC.I. The van der Waals surface area contributed by atoms with Crippen LogP contribution in [0, 0.1) is 0 Å². The third-order valence-corrected chi connectivity index (χ3v) is 3.37. The third-order valence-electron chi connectivity index (χ3n) is 3.37. The zero-order valence-corrected chi connectivity index (χ0v) is 17.7. The van der Waals surface area contributed by atoms with Gasteiger partial charge in [-0.25, -0.2) is 4.99 Å². The molecule has 0 spiro atoms. The highest BCUT2D eigenvalue weighted by Gasteiger charge is 2.24. The van der Waals surface area contributed by atoms with Crippen molar-refractivity contribution >= 4 is 35.9 Å². The summed E-state index contributed by atoms with van der Waals surface area (Å²) in [5.74, 6) is 0.409. The van der Waals surface area contributed by atoms with E-state index in [-0.39, 0.29) is 36.5 Å². The highest BCUT2D eigenvalue weighted by atomic mass is 127. The number of ether oxygens (including phenoxy) is 1. The average Bonchev–Trinajstić information content (AvgIpc) is 2.97. The first kappa shape index (κ1) is 23.6. The number of aliphatic hydroxyl groups is 1. The molecule has 1 aromatic rings. The Morgan fingerprint density at radius 2 is 2.16 bits per heavy atom. The highest BCUT2D eigenvalue weighted by molar-refractivity contribution is 14.0. The first-order valence-electron chi connectivity index (χ1n) is 8.28. The van der Waals surface area contributed by atoms with Crippen LogP contribution in [0.2, 0.25) is 0 Å². The number of hydrogen-bond acceptors (Lipinski definition) is 5. The molecule has 0 radical (unpaired) electrons. The number of aryl methyl sites for hydroxylation is 1. The standard InChI is InChI=1S/C16H29N5O3.HI/c1-5-17-15(18-9-7-8-14(22)24-6-2)19-12-16(3,23)13-10-20-21(4)11-13;/h10-11,23H,5-9,12H2,1-4H3,(H2,17,18,19);1H. The number of carbonyl (C=O) groups excluding carboxylic acids is 1. The summed E-state index contributed by atoms with van der Waals surface area (Å²) < 4.78 is 6.53. The molecule has 3 N–H and O–H groups in total. The summed E-state index contributed by atoms with van der Waals surface area (Å²) in [5, 5.41) is 20.9. The molecule has 8 nitrogen and oxygen atoms in total. The molecule has 1 unspecified atom stereocenters. The van der Waals surface area contributed by atoms with Gasteiger partial charge in [-0.15, -0.1) is 24.0 Å². The summed E-state index contributed by atoms with van der Waals surface area (Å²) in [5.41, 5.74) is -0.381. The lowest BCUT2D eigenvalue weighted by molar-refractivity contribution is -0.143. The van der Waals surface area contributed by atoms with E-state index in [4.69, 9.17) is 4.74 Å². The number of hydrogen-bond donors (Lipinski definition) is 3. The van der Waals surface area contributed by atoms with Gasteiger partial charge in [-0.3, -0.25) is 9.48 Å². The lowest BCUT2D eigenvalue weighted by Crippen LogP contribution is -2.39. The summed E-state index contributed by atoms with van der Waals surface area (Å²) in [7, 11) is 1.80. The summed E-state index contributed by atoms with van der Waals surface area (Å²) in [6, 6.07) is 0. The molecule has 0 saturated carbocycles. The van der Waals surface area contributed by atoms with E-state index in [0.29, 0.717) is 44.1 Å². The molecule has 0 aliphatic rings. The maximum Gasteiger partial charge on any atom is 0.305 e. The molecule has 1 aromatic heterocycles. The normalized spacial score (nSPS) is 13.6. The van der Waals surface area contributed by atoms with Crippen LogP contribution in [0.15, 0.2) is 17.4 Å². The van der Waals surface area contributed by atoms with Gasteiger partial charge in [0.15, 0.2) is 5.96 Å². The lowest BCUT2D eigenvalue weighted by atomic mass is 10.0. The van der Waals surface area contributed by atoms with E-state index in [1.807, 2.05) is 6.92 Å². The van der Waals surface area contributed by atoms with Crippen LogP contribution in [0.1, 0.15) is 39.2 Å². The summed E-state index contributed by atoms with van der Waals surface area (Å²) in [6.45, 7) is 7.37. The van der Waals surface area contributed by atoms with Gasteiger partial charge in [0.2, 0.25) is 0 Å². The number of aliphatic imine (C=N–C) groups is 1. The van der Waals surface area contributed by atoms with Crippen molar-refractivity contribution in [3.8, 4) is 0 Å². The van der Waals surface area contributed by atoms with Crippen molar-refractivity contribution in [3.63, 3.8) is 0 Å². The summed E-state index contributed by atoms with van der Waals surface area (Å²) in [6.07, 6.45) is 4.43. The van der Waals surface area contributed by atoms with Crippen LogP contribution in [0.3, 0.4) is 0 Å². The Kier molecular flexibility index (Phi) is 11.4. The second kappa shape index (κ2) is 12.1. The van der Waals surface area contributed by atoms with Crippen LogP contribution < -0.4 is 10.6 Å². The van der Waals surface area contributed by atoms with Crippen molar-refractivity contribution in [2.45, 2.75) is 39.2 Å². The summed E-state index contributed by atoms with van der Waals surface area (Å²) >= 11 is 0. The van der Waals surface area contributed by atoms with Crippen LogP contribution in [0.4, 0.5) is 0 Å². The van der Waals surface area contributed by atoms with Crippen molar-refractivity contribution in [2.75, 3.05) is 26.2 Å². The molecule has 0 bridgehead atoms. The zero-order valence-electron chi connectivity index (χ0n) is 15.4. The quantitative estimate of drug-likeness (QED) is 0.166. The Labute approximate surface area is 166 Å². The topological polar surface area (TPSA) is 101 Å². The van der Waals surface area contributed by atoms with E-state index >= 15 is 0 Å². The molecule has 0 aliphatic carbocycles. The highest BCUT2D eigenvalue weighted by Crippen LogP contribution is 2.19. The minimum Gasteiger partial charge on any atom is -0.466 e. The van der Waals surface area contributed by atoms with E-state index in [0.717, 1.165) is 0 Å². The third kappa shape index (κ3) is 9.05. The molecule has 9 heteroatoms. The predicted molar refractivity (Wildman–Crippen MR) is 108 cm³/mol. The molecule has 1 rings (SSSR count). The van der Waals surface area contributed by atoms with E-state index in [2.05, 4.69) is 20.7 Å². The molecule has 0 aromatic carbocycles. The number of rotatable bonds is 9. The Morgan fingerprint density at radius 1 is 1.44 bits per heavy atom. The number of halogens is 1. The maximum absolute atomic E-state index is 11.3. The molecule has 144 valence electrons. The van der Waals surface area contributed by atoms with Crippen LogP contribution >= 0.6 is 24.0 Å². The smallest absolute Gasteiger partial charge is 0.305 e. The fraction of sp³-hybridized carbons (Fsp3) is 0.688. The Balaban J connectivity index is 0.00000576. The molecule has 25 heavy (non-hydrogen) atoms. The van der Waals surface area contributed by atoms with Gasteiger partial charge < -0.3 is 20.5 Å². The van der Waals surface area contributed by atoms with Gasteiger partial charge in [-0.05, 0) is 27.2 Å². The zero-order chi connectivity index (χ0) is 18.0. The molecule has 1 atom stereocenters. The molecule has 0 fully saturated rings. The van der Waals surface area contributed by atoms with Crippen LogP contribution in [0.25, 0.3) is 0 Å². The maximum atomic E-state index is 11.3. The van der Waals surface area contributed by atoms with E-state index < -0.39 is 5.60 Å². The van der Waals surface area contributed by atoms with Crippen LogP contribution in [-0.2, 0) is 22.2 Å². The van der Waals surface area contributed by atoms with Crippen LogP contribution in [-0.4, -0.2) is 53.1 Å². The molecular formula is C16H30IN5O3. The summed E-state index contributed by atoms with van der Waals surface area (Å²) in [4.78, 5) is 15.7. The number of nitrogens with zero attached hydrogens (tertiary/aromatic N) is 3. The Bertz CT molecular complexity index is 546. The Morgan fingerprint density at radius 3 is 2.72 bits per heavy atom. The van der Waals surface area contributed by atoms with Crippen molar-refractivity contribution < 1.29 is 14.6 Å². The number of carbonyl (C=O) groups is 1. The van der Waals surface area contributed by atoms with Crippen molar-refractivity contribution in [2.24, 2.45) is 12.0 Å². The average molecular weight is 467 g/mol. The number of esters is 1. The first-order valence-corrected chi connectivity index (χ1v) is 8.28. The largest absolute Gasteiger partial charge is 0.466 e. The first-order chi connectivity index (χ1) is 11.4. The minimum absolute atomic E-state index is 0.